The summed E-state index contributed by atoms with van der Waals surface area (Å²) in [5.74, 6) is 0. The smallest absolute Gasteiger partial charge is 0.0824 e. The standard InChI is InChI=1S/C10H20N2O2/c1-8-6-14-10(4-11)5-12(8)9-2-3-13-7-9/h8-10H,2-7,11H2,1H3. The van der Waals surface area contributed by atoms with Crippen LogP contribution in [0.5, 0.6) is 0 Å². The van der Waals surface area contributed by atoms with Crippen LogP contribution in [0.15, 0.2) is 0 Å². The number of hydrogen-bond donors (Lipinski definition) is 1. The molecule has 0 bridgehead atoms. The minimum absolute atomic E-state index is 0.215. The van der Waals surface area contributed by atoms with Crippen molar-refractivity contribution in [3.8, 4) is 0 Å². The molecule has 2 aliphatic rings. The summed E-state index contributed by atoms with van der Waals surface area (Å²) >= 11 is 0. The van der Waals surface area contributed by atoms with Gasteiger partial charge in [-0.05, 0) is 13.3 Å². The Balaban J connectivity index is 1.93. The van der Waals surface area contributed by atoms with Gasteiger partial charge >= 0.3 is 0 Å². The maximum Gasteiger partial charge on any atom is 0.0824 e. The Bertz CT molecular complexity index is 183. The van der Waals surface area contributed by atoms with E-state index in [1.165, 1.54) is 0 Å². The molecule has 3 unspecified atom stereocenters. The Morgan fingerprint density at radius 1 is 1.43 bits per heavy atom. The molecule has 2 heterocycles. The first-order valence-electron chi connectivity index (χ1n) is 5.46. The molecule has 2 fully saturated rings. The molecule has 0 radical (unpaired) electrons. The summed E-state index contributed by atoms with van der Waals surface area (Å²) in [6.45, 7) is 6.38. The van der Waals surface area contributed by atoms with Crippen LogP contribution in [0.1, 0.15) is 13.3 Å². The quantitative estimate of drug-likeness (QED) is 0.672. The number of hydrogen-bond acceptors (Lipinski definition) is 4. The van der Waals surface area contributed by atoms with Crippen LogP contribution in [0.3, 0.4) is 0 Å². The number of nitrogens with zero attached hydrogens (tertiary/aromatic N) is 1. The molecule has 3 atom stereocenters. The molecule has 0 aromatic heterocycles. The van der Waals surface area contributed by atoms with Crippen molar-refractivity contribution in [2.75, 3.05) is 32.9 Å². The fraction of sp³-hybridized carbons (Fsp3) is 1.00. The van der Waals surface area contributed by atoms with E-state index in [1.807, 2.05) is 0 Å². The van der Waals surface area contributed by atoms with E-state index in [4.69, 9.17) is 15.2 Å². The molecule has 0 aliphatic carbocycles. The van der Waals surface area contributed by atoms with E-state index in [-0.39, 0.29) is 6.10 Å². The summed E-state index contributed by atoms with van der Waals surface area (Å²) in [4.78, 5) is 2.49. The fourth-order valence-corrected chi connectivity index (χ4v) is 2.27. The van der Waals surface area contributed by atoms with Crippen molar-refractivity contribution < 1.29 is 9.47 Å². The van der Waals surface area contributed by atoms with Gasteiger partial charge in [-0.2, -0.15) is 0 Å². The first-order chi connectivity index (χ1) is 6.81. The lowest BCUT2D eigenvalue weighted by Crippen LogP contribution is -2.54. The highest BCUT2D eigenvalue weighted by Gasteiger charge is 2.32. The highest BCUT2D eigenvalue weighted by atomic mass is 16.5. The van der Waals surface area contributed by atoms with Gasteiger partial charge < -0.3 is 15.2 Å². The highest BCUT2D eigenvalue weighted by Crippen LogP contribution is 2.19. The molecule has 0 aromatic carbocycles. The zero-order chi connectivity index (χ0) is 9.97. The van der Waals surface area contributed by atoms with Gasteiger partial charge in [0.2, 0.25) is 0 Å². The van der Waals surface area contributed by atoms with E-state index in [1.54, 1.807) is 0 Å². The molecular formula is C10H20N2O2. The van der Waals surface area contributed by atoms with Crippen molar-refractivity contribution >= 4 is 0 Å². The van der Waals surface area contributed by atoms with Crippen molar-refractivity contribution in [1.29, 1.82) is 0 Å². The molecule has 2 rings (SSSR count). The molecule has 82 valence electrons. The Hall–Kier alpha value is -0.160. The molecule has 0 spiro atoms. The van der Waals surface area contributed by atoms with E-state index >= 15 is 0 Å². The molecule has 14 heavy (non-hydrogen) atoms. The van der Waals surface area contributed by atoms with E-state index in [9.17, 15) is 0 Å². The average molecular weight is 200 g/mol. The molecular weight excluding hydrogens is 180 g/mol. The summed E-state index contributed by atoms with van der Waals surface area (Å²) < 4.78 is 11.0. The maximum atomic E-state index is 5.63. The second-order valence-electron chi connectivity index (χ2n) is 4.25. The Labute approximate surface area is 85.3 Å². The van der Waals surface area contributed by atoms with Gasteiger partial charge in [0.25, 0.3) is 0 Å². The van der Waals surface area contributed by atoms with Crippen molar-refractivity contribution in [1.82, 2.24) is 4.90 Å². The van der Waals surface area contributed by atoms with Gasteiger partial charge in [0, 0.05) is 31.8 Å². The fourth-order valence-electron chi connectivity index (χ4n) is 2.27. The first kappa shape index (κ1) is 10.4. The molecule has 2 saturated heterocycles. The van der Waals surface area contributed by atoms with Gasteiger partial charge in [0.05, 0.1) is 19.3 Å². The third kappa shape index (κ3) is 2.08. The average Bonchev–Trinajstić information content (AvgIpc) is 2.71. The summed E-state index contributed by atoms with van der Waals surface area (Å²) in [6.07, 6.45) is 1.37. The predicted octanol–water partition coefficient (Wildman–Crippen LogP) is -0.177. The topological polar surface area (TPSA) is 47.7 Å². The lowest BCUT2D eigenvalue weighted by atomic mass is 10.1. The van der Waals surface area contributed by atoms with Crippen molar-refractivity contribution in [3.05, 3.63) is 0 Å². The van der Waals surface area contributed by atoms with Crippen molar-refractivity contribution in [3.63, 3.8) is 0 Å². The van der Waals surface area contributed by atoms with Crippen molar-refractivity contribution in [2.45, 2.75) is 31.5 Å². The van der Waals surface area contributed by atoms with Crippen LogP contribution in [0, 0.1) is 0 Å². The van der Waals surface area contributed by atoms with E-state index in [2.05, 4.69) is 11.8 Å². The zero-order valence-corrected chi connectivity index (χ0v) is 8.82. The van der Waals surface area contributed by atoms with Gasteiger partial charge in [-0.15, -0.1) is 0 Å². The Morgan fingerprint density at radius 3 is 2.93 bits per heavy atom. The number of morpholine rings is 1. The maximum absolute atomic E-state index is 5.63. The molecule has 2 N–H and O–H groups in total. The highest BCUT2D eigenvalue weighted by molar-refractivity contribution is 4.85. The largest absolute Gasteiger partial charge is 0.380 e. The van der Waals surface area contributed by atoms with Crippen LogP contribution in [0.2, 0.25) is 0 Å². The van der Waals surface area contributed by atoms with Crippen molar-refractivity contribution in [2.24, 2.45) is 5.73 Å². The minimum atomic E-state index is 0.215. The lowest BCUT2D eigenvalue weighted by molar-refractivity contribution is -0.0699. The van der Waals surface area contributed by atoms with E-state index < -0.39 is 0 Å². The Morgan fingerprint density at radius 2 is 2.29 bits per heavy atom. The second kappa shape index (κ2) is 4.57. The van der Waals surface area contributed by atoms with Crippen LogP contribution in [0.4, 0.5) is 0 Å². The van der Waals surface area contributed by atoms with Crippen LogP contribution in [0.25, 0.3) is 0 Å². The minimum Gasteiger partial charge on any atom is -0.380 e. The molecule has 2 aliphatic heterocycles. The summed E-state index contributed by atoms with van der Waals surface area (Å²) in [5, 5.41) is 0. The molecule has 0 amide bonds. The number of ether oxygens (including phenoxy) is 2. The summed E-state index contributed by atoms with van der Waals surface area (Å²) in [5.41, 5.74) is 5.63. The number of rotatable bonds is 2. The van der Waals surface area contributed by atoms with Gasteiger partial charge in [-0.25, -0.2) is 0 Å². The van der Waals surface area contributed by atoms with Gasteiger partial charge in [0.1, 0.15) is 0 Å². The van der Waals surface area contributed by atoms with Gasteiger partial charge in [-0.3, -0.25) is 4.90 Å². The zero-order valence-electron chi connectivity index (χ0n) is 8.82. The predicted molar refractivity (Wildman–Crippen MR) is 54.2 cm³/mol. The molecule has 0 aromatic rings. The molecule has 4 heteroatoms. The normalized spacial score (nSPS) is 40.3. The lowest BCUT2D eigenvalue weighted by Gasteiger charge is -2.40. The van der Waals surface area contributed by atoms with Crippen LogP contribution in [-0.2, 0) is 9.47 Å². The van der Waals surface area contributed by atoms with E-state index in [0.29, 0.717) is 18.6 Å². The summed E-state index contributed by atoms with van der Waals surface area (Å²) in [7, 11) is 0. The first-order valence-corrected chi connectivity index (χ1v) is 5.46. The van der Waals surface area contributed by atoms with Crippen LogP contribution >= 0.6 is 0 Å². The van der Waals surface area contributed by atoms with Crippen LogP contribution < -0.4 is 5.73 Å². The second-order valence-corrected chi connectivity index (χ2v) is 4.25. The van der Waals surface area contributed by atoms with Gasteiger partial charge in [0.15, 0.2) is 0 Å². The third-order valence-electron chi connectivity index (χ3n) is 3.19. The molecule has 0 saturated carbocycles. The summed E-state index contributed by atoms with van der Waals surface area (Å²) in [6, 6.07) is 1.09. The number of nitrogens with two attached hydrogens (primary N) is 1. The molecule has 4 nitrogen and oxygen atoms in total. The third-order valence-corrected chi connectivity index (χ3v) is 3.19. The Kier molecular flexibility index (Phi) is 3.38. The van der Waals surface area contributed by atoms with E-state index in [0.717, 1.165) is 32.8 Å². The SMILES string of the molecule is CC1COC(CN)CN1C1CCOC1. The van der Waals surface area contributed by atoms with Crippen LogP contribution in [-0.4, -0.2) is 56.0 Å². The van der Waals surface area contributed by atoms with Gasteiger partial charge in [-0.1, -0.05) is 0 Å². The monoisotopic (exact) mass is 200 g/mol.